The van der Waals surface area contributed by atoms with Crippen LogP contribution in [0.4, 0.5) is 13.2 Å². The molecule has 6 nitrogen and oxygen atoms in total. The zero-order valence-electron chi connectivity index (χ0n) is 16.9. The number of aromatic nitrogens is 2. The summed E-state index contributed by atoms with van der Waals surface area (Å²) in [7, 11) is 1.59. The average molecular weight is 431 g/mol. The fourth-order valence-corrected chi connectivity index (χ4v) is 3.69. The van der Waals surface area contributed by atoms with Crippen molar-refractivity contribution in [2.24, 2.45) is 0 Å². The highest BCUT2D eigenvalue weighted by Gasteiger charge is 2.37. The van der Waals surface area contributed by atoms with Crippen molar-refractivity contribution >= 4 is 5.91 Å². The van der Waals surface area contributed by atoms with Gasteiger partial charge >= 0.3 is 6.18 Å². The number of ether oxygens (including phenoxy) is 1. The summed E-state index contributed by atoms with van der Waals surface area (Å²) in [5, 5.41) is 3.83. The van der Waals surface area contributed by atoms with E-state index in [1.165, 1.54) is 12.1 Å². The molecule has 3 aromatic rings. The Balaban J connectivity index is 1.50. The van der Waals surface area contributed by atoms with Crippen LogP contribution in [0.2, 0.25) is 0 Å². The maximum Gasteiger partial charge on any atom is 0.416 e. The molecule has 0 bridgehead atoms. The van der Waals surface area contributed by atoms with E-state index in [0.29, 0.717) is 6.54 Å². The third kappa shape index (κ3) is 4.26. The normalized spacial score (nSPS) is 17.8. The van der Waals surface area contributed by atoms with Gasteiger partial charge < -0.3 is 14.2 Å². The van der Waals surface area contributed by atoms with Crippen molar-refractivity contribution in [3.05, 3.63) is 65.5 Å². The first-order valence-electron chi connectivity index (χ1n) is 9.71. The van der Waals surface area contributed by atoms with Crippen LogP contribution in [-0.4, -0.2) is 34.6 Å². The highest BCUT2D eigenvalue weighted by atomic mass is 19.4. The SMILES string of the molecule is COc1ccc(C(C)N2CC(c3nc(-c4cccc(C(F)(F)F)c4)no3)CC2=O)cc1. The van der Waals surface area contributed by atoms with Crippen LogP contribution in [0.3, 0.4) is 0 Å². The lowest BCUT2D eigenvalue weighted by molar-refractivity contribution is -0.137. The number of carbonyl (C=O) groups is 1. The first kappa shape index (κ1) is 20.9. The summed E-state index contributed by atoms with van der Waals surface area (Å²) >= 11 is 0. The van der Waals surface area contributed by atoms with E-state index in [0.717, 1.165) is 23.4 Å². The Hall–Kier alpha value is -3.36. The summed E-state index contributed by atoms with van der Waals surface area (Å²) in [6, 6.07) is 12.1. The lowest BCUT2D eigenvalue weighted by atomic mass is 10.1. The number of halogens is 3. The van der Waals surface area contributed by atoms with Gasteiger partial charge in [-0.2, -0.15) is 18.2 Å². The zero-order valence-corrected chi connectivity index (χ0v) is 16.9. The summed E-state index contributed by atoms with van der Waals surface area (Å²) in [4.78, 5) is 18.6. The second-order valence-electron chi connectivity index (χ2n) is 7.43. The molecule has 0 N–H and O–H groups in total. The predicted molar refractivity (Wildman–Crippen MR) is 105 cm³/mol. The maximum absolute atomic E-state index is 13.0. The standard InChI is InChI=1S/C22H20F3N3O3/c1-13(14-6-8-18(30-2)9-7-14)28-12-16(11-19(28)29)21-26-20(27-31-21)15-4-3-5-17(10-15)22(23,24)25/h3-10,13,16H,11-12H2,1-2H3. The van der Waals surface area contributed by atoms with Gasteiger partial charge in [-0.15, -0.1) is 0 Å². The van der Waals surface area contributed by atoms with Crippen molar-refractivity contribution in [2.45, 2.75) is 31.5 Å². The van der Waals surface area contributed by atoms with Gasteiger partial charge in [-0.05, 0) is 36.8 Å². The zero-order chi connectivity index (χ0) is 22.2. The molecular weight excluding hydrogens is 411 g/mol. The molecule has 0 aliphatic carbocycles. The van der Waals surface area contributed by atoms with Gasteiger partial charge in [0.2, 0.25) is 17.6 Å². The summed E-state index contributed by atoms with van der Waals surface area (Å²) < 4.78 is 49.4. The third-order valence-electron chi connectivity index (χ3n) is 5.46. The van der Waals surface area contributed by atoms with Gasteiger partial charge in [0.05, 0.1) is 24.6 Å². The van der Waals surface area contributed by atoms with Crippen molar-refractivity contribution in [1.82, 2.24) is 15.0 Å². The number of rotatable bonds is 5. The molecule has 2 unspecified atom stereocenters. The van der Waals surface area contributed by atoms with Crippen LogP contribution >= 0.6 is 0 Å². The molecule has 4 rings (SSSR count). The monoisotopic (exact) mass is 431 g/mol. The minimum Gasteiger partial charge on any atom is -0.497 e. The fraction of sp³-hybridized carbons (Fsp3) is 0.318. The van der Waals surface area contributed by atoms with Crippen molar-refractivity contribution in [3.63, 3.8) is 0 Å². The number of hydrogen-bond donors (Lipinski definition) is 0. The van der Waals surface area contributed by atoms with Crippen LogP contribution in [0.15, 0.2) is 53.1 Å². The van der Waals surface area contributed by atoms with E-state index in [2.05, 4.69) is 10.1 Å². The van der Waals surface area contributed by atoms with Crippen LogP contribution in [0.1, 0.15) is 42.3 Å². The van der Waals surface area contributed by atoms with Crippen LogP contribution < -0.4 is 4.74 Å². The van der Waals surface area contributed by atoms with E-state index in [4.69, 9.17) is 9.26 Å². The summed E-state index contributed by atoms with van der Waals surface area (Å²) in [5.41, 5.74) is 0.384. The van der Waals surface area contributed by atoms with Crippen molar-refractivity contribution < 1.29 is 27.2 Å². The Morgan fingerprint density at radius 1 is 1.19 bits per heavy atom. The fourth-order valence-electron chi connectivity index (χ4n) is 3.69. The van der Waals surface area contributed by atoms with Crippen LogP contribution in [-0.2, 0) is 11.0 Å². The van der Waals surface area contributed by atoms with Crippen LogP contribution in [0.25, 0.3) is 11.4 Å². The molecule has 9 heteroatoms. The molecule has 1 saturated heterocycles. The Kier molecular flexibility index (Phi) is 5.43. The van der Waals surface area contributed by atoms with E-state index in [-0.39, 0.29) is 41.6 Å². The lowest BCUT2D eigenvalue weighted by Gasteiger charge is -2.25. The topological polar surface area (TPSA) is 68.5 Å². The van der Waals surface area contributed by atoms with Gasteiger partial charge in [0.1, 0.15) is 5.75 Å². The van der Waals surface area contributed by atoms with Gasteiger partial charge in [0, 0.05) is 18.5 Å². The van der Waals surface area contributed by atoms with Crippen molar-refractivity contribution in [3.8, 4) is 17.1 Å². The summed E-state index contributed by atoms with van der Waals surface area (Å²) in [6.45, 7) is 2.32. The van der Waals surface area contributed by atoms with Crippen LogP contribution in [0.5, 0.6) is 5.75 Å². The number of likely N-dealkylation sites (tertiary alicyclic amines) is 1. The van der Waals surface area contributed by atoms with E-state index >= 15 is 0 Å². The van der Waals surface area contributed by atoms with Gasteiger partial charge in [-0.3, -0.25) is 4.79 Å². The maximum atomic E-state index is 13.0. The highest BCUT2D eigenvalue weighted by Crippen LogP contribution is 2.35. The van der Waals surface area contributed by atoms with E-state index in [9.17, 15) is 18.0 Å². The Morgan fingerprint density at radius 3 is 2.61 bits per heavy atom. The molecule has 2 heterocycles. The number of benzene rings is 2. The van der Waals surface area contributed by atoms with E-state index in [1.807, 2.05) is 31.2 Å². The molecule has 1 fully saturated rings. The number of methoxy groups -OCH3 is 1. The van der Waals surface area contributed by atoms with Gasteiger partial charge in [0.15, 0.2) is 0 Å². The second-order valence-corrected chi connectivity index (χ2v) is 7.43. The molecule has 0 radical (unpaired) electrons. The van der Waals surface area contributed by atoms with Crippen molar-refractivity contribution in [2.75, 3.05) is 13.7 Å². The number of carbonyl (C=O) groups excluding carboxylic acids is 1. The number of nitrogens with zero attached hydrogens (tertiary/aromatic N) is 3. The van der Waals surface area contributed by atoms with E-state index < -0.39 is 11.7 Å². The Morgan fingerprint density at radius 2 is 1.94 bits per heavy atom. The Bertz CT molecular complexity index is 1080. The average Bonchev–Trinajstić information content (AvgIpc) is 3.40. The Labute approximate surface area is 176 Å². The first-order valence-corrected chi connectivity index (χ1v) is 9.71. The summed E-state index contributed by atoms with van der Waals surface area (Å²) in [5.74, 6) is 0.669. The van der Waals surface area contributed by atoms with Crippen LogP contribution in [0, 0.1) is 0 Å². The molecule has 1 aromatic heterocycles. The molecule has 1 aliphatic heterocycles. The molecule has 0 saturated carbocycles. The molecule has 2 atom stereocenters. The van der Waals surface area contributed by atoms with Gasteiger partial charge in [0.25, 0.3) is 0 Å². The highest BCUT2D eigenvalue weighted by molar-refractivity contribution is 5.80. The molecule has 1 amide bonds. The molecule has 162 valence electrons. The molecule has 2 aromatic carbocycles. The minimum atomic E-state index is -4.46. The minimum absolute atomic E-state index is 0.0489. The molecule has 0 spiro atoms. The van der Waals surface area contributed by atoms with Gasteiger partial charge in [-0.1, -0.05) is 29.4 Å². The second kappa shape index (κ2) is 8.05. The largest absolute Gasteiger partial charge is 0.497 e. The predicted octanol–water partition coefficient (Wildman–Crippen LogP) is 4.84. The quantitative estimate of drug-likeness (QED) is 0.578. The van der Waals surface area contributed by atoms with E-state index in [1.54, 1.807) is 12.0 Å². The first-order chi connectivity index (χ1) is 14.8. The van der Waals surface area contributed by atoms with Crippen molar-refractivity contribution in [1.29, 1.82) is 0 Å². The molecule has 1 aliphatic rings. The third-order valence-corrected chi connectivity index (χ3v) is 5.46. The summed E-state index contributed by atoms with van der Waals surface area (Å²) in [6.07, 6.45) is -4.26. The smallest absolute Gasteiger partial charge is 0.416 e. The molecule has 31 heavy (non-hydrogen) atoms. The number of amides is 1. The number of hydrogen-bond acceptors (Lipinski definition) is 5. The number of alkyl halides is 3. The molecular formula is C22H20F3N3O3. The van der Waals surface area contributed by atoms with Gasteiger partial charge in [-0.25, -0.2) is 0 Å². The lowest BCUT2D eigenvalue weighted by Crippen LogP contribution is -2.28.